The van der Waals surface area contributed by atoms with Gasteiger partial charge in [0, 0.05) is 18.3 Å². The third-order valence-corrected chi connectivity index (χ3v) is 7.44. The van der Waals surface area contributed by atoms with Gasteiger partial charge in [-0.1, -0.05) is 13.8 Å². The summed E-state index contributed by atoms with van der Waals surface area (Å²) in [5.41, 5.74) is -0.860. The van der Waals surface area contributed by atoms with Gasteiger partial charge in [0.15, 0.2) is 0 Å². The van der Waals surface area contributed by atoms with Gasteiger partial charge in [-0.25, -0.2) is 0 Å². The average Bonchev–Trinajstić information content (AvgIpc) is 2.48. The van der Waals surface area contributed by atoms with Gasteiger partial charge in [-0.2, -0.15) is 4.21 Å². The summed E-state index contributed by atoms with van der Waals surface area (Å²) in [5, 5.41) is 10.6. The Morgan fingerprint density at radius 2 is 2.08 bits per heavy atom. The Labute approximate surface area is 146 Å². The zero-order valence-corrected chi connectivity index (χ0v) is 15.6. The van der Waals surface area contributed by atoms with Crippen LogP contribution in [0.2, 0.25) is 0 Å². The van der Waals surface area contributed by atoms with Crippen LogP contribution >= 0.6 is 0 Å². The number of carbonyl (C=O) groups is 1. The molecule has 3 rings (SSSR count). The second-order valence-corrected chi connectivity index (χ2v) is 8.95. The molecule has 1 heterocycles. The lowest BCUT2D eigenvalue weighted by molar-refractivity contribution is -0.225. The van der Waals surface area contributed by atoms with E-state index in [1.54, 1.807) is 0 Å². The Kier molecular flexibility index (Phi) is 4.83. The molecule has 3 fully saturated rings. The maximum Gasteiger partial charge on any atom is 0.305 e. The molecule has 0 aromatic heterocycles. The summed E-state index contributed by atoms with van der Waals surface area (Å²) in [4.78, 5) is 11.1. The normalized spacial score (nSPS) is 49.1. The lowest BCUT2D eigenvalue weighted by Gasteiger charge is -2.62. The highest BCUT2D eigenvalue weighted by Crippen LogP contribution is 2.60. The molecule has 1 saturated heterocycles. The van der Waals surface area contributed by atoms with Crippen molar-refractivity contribution < 1.29 is 27.2 Å². The molecule has 2 unspecified atom stereocenters. The van der Waals surface area contributed by atoms with E-state index in [0.717, 1.165) is 12.8 Å². The molecule has 0 aromatic rings. The van der Waals surface area contributed by atoms with Crippen molar-refractivity contribution in [2.45, 2.75) is 71.2 Å². The minimum absolute atomic E-state index is 0.0232. The Bertz CT molecular complexity index is 539. The van der Waals surface area contributed by atoms with Crippen molar-refractivity contribution in [1.29, 1.82) is 0 Å². The summed E-state index contributed by atoms with van der Waals surface area (Å²) in [5.74, 6) is -0.0938. The number of hydrogen-bond donors (Lipinski definition) is 1. The number of aliphatic hydroxyl groups excluding tert-OH is 1. The SMILES string of the molecule is CC(=O)OC[C@@H](C)[C@@H]1CC[C@]2(C)C3C1O[S@](=O)O[C@]3(C)CC[C@H]2O. The van der Waals surface area contributed by atoms with Crippen LogP contribution < -0.4 is 0 Å². The fraction of sp³-hybridized carbons (Fsp3) is 0.941. The third-order valence-electron chi connectivity index (χ3n) is 6.54. The molecule has 0 amide bonds. The molecule has 3 aliphatic rings. The second-order valence-electron chi connectivity index (χ2n) is 8.18. The summed E-state index contributed by atoms with van der Waals surface area (Å²) in [7, 11) is 0. The predicted molar refractivity (Wildman–Crippen MR) is 87.9 cm³/mol. The molecule has 6 nitrogen and oxygen atoms in total. The maximum atomic E-state index is 12.2. The average molecular weight is 360 g/mol. The van der Waals surface area contributed by atoms with Gasteiger partial charge < -0.3 is 9.84 Å². The Morgan fingerprint density at radius 3 is 2.75 bits per heavy atom. The number of hydrogen-bond acceptors (Lipinski definition) is 6. The van der Waals surface area contributed by atoms with E-state index in [4.69, 9.17) is 13.1 Å². The van der Waals surface area contributed by atoms with Gasteiger partial charge in [0.1, 0.15) is 0 Å². The van der Waals surface area contributed by atoms with Crippen LogP contribution in [0, 0.1) is 23.2 Å². The van der Waals surface area contributed by atoms with Crippen LogP contribution in [-0.2, 0) is 29.3 Å². The number of aliphatic hydroxyl groups is 1. The molecule has 0 radical (unpaired) electrons. The molecule has 0 bridgehead atoms. The first-order chi connectivity index (χ1) is 11.2. The van der Waals surface area contributed by atoms with E-state index in [1.165, 1.54) is 6.92 Å². The van der Waals surface area contributed by atoms with Gasteiger partial charge in [-0.15, -0.1) is 0 Å². The molecule has 0 aromatic carbocycles. The zero-order chi connectivity index (χ0) is 17.7. The molecule has 0 spiro atoms. The second kappa shape index (κ2) is 6.34. The van der Waals surface area contributed by atoms with Crippen LogP contribution in [-0.4, -0.2) is 39.7 Å². The van der Waals surface area contributed by atoms with E-state index in [-0.39, 0.29) is 35.2 Å². The summed E-state index contributed by atoms with van der Waals surface area (Å²) >= 11 is -1.78. The van der Waals surface area contributed by atoms with Crippen molar-refractivity contribution in [3.8, 4) is 0 Å². The zero-order valence-electron chi connectivity index (χ0n) is 14.8. The Balaban J connectivity index is 1.89. The molecular weight excluding hydrogens is 332 g/mol. The largest absolute Gasteiger partial charge is 0.466 e. The first-order valence-electron chi connectivity index (χ1n) is 8.77. The monoisotopic (exact) mass is 360 g/mol. The first-order valence-corrected chi connectivity index (χ1v) is 9.77. The Hall–Kier alpha value is -0.500. The maximum absolute atomic E-state index is 12.2. The van der Waals surface area contributed by atoms with E-state index in [9.17, 15) is 14.1 Å². The highest BCUT2D eigenvalue weighted by atomic mass is 32.2. The lowest BCUT2D eigenvalue weighted by Crippen LogP contribution is -2.67. The van der Waals surface area contributed by atoms with Gasteiger partial charge in [0.05, 0.1) is 24.4 Å². The molecule has 7 heteroatoms. The predicted octanol–water partition coefficient (Wildman–Crippen LogP) is 2.13. The molecule has 24 heavy (non-hydrogen) atoms. The van der Waals surface area contributed by atoms with Gasteiger partial charge in [0.2, 0.25) is 0 Å². The third kappa shape index (κ3) is 2.93. The van der Waals surface area contributed by atoms with E-state index >= 15 is 0 Å². The van der Waals surface area contributed by atoms with Crippen LogP contribution in [0.25, 0.3) is 0 Å². The lowest BCUT2D eigenvalue weighted by atomic mass is 9.50. The standard InChI is InChI=1S/C17H28O6S/c1-10(9-21-11(2)18)12-5-7-16(3)13(19)6-8-17(4)15(16)14(12)22-24(20)23-17/h10,12-15,19H,5-9H2,1-4H3/t10-,12+,13-,14?,15?,16+,17-,24+/m1/s1. The van der Waals surface area contributed by atoms with E-state index in [1.807, 2.05) is 13.8 Å². The van der Waals surface area contributed by atoms with Crippen molar-refractivity contribution in [3.63, 3.8) is 0 Å². The summed E-state index contributed by atoms with van der Waals surface area (Å²) in [6.07, 6.45) is 2.38. The Morgan fingerprint density at radius 1 is 1.38 bits per heavy atom. The highest BCUT2D eigenvalue weighted by Gasteiger charge is 2.64. The fourth-order valence-electron chi connectivity index (χ4n) is 5.21. The van der Waals surface area contributed by atoms with Crippen LogP contribution in [0.15, 0.2) is 0 Å². The quantitative estimate of drug-likeness (QED) is 0.777. The van der Waals surface area contributed by atoms with E-state index in [0.29, 0.717) is 19.4 Å². The molecule has 1 N–H and O–H groups in total. The molecule has 2 aliphatic carbocycles. The van der Waals surface area contributed by atoms with Crippen molar-refractivity contribution in [1.82, 2.24) is 0 Å². The highest BCUT2D eigenvalue weighted by molar-refractivity contribution is 7.75. The van der Waals surface area contributed by atoms with Gasteiger partial charge >= 0.3 is 17.3 Å². The first kappa shape index (κ1) is 18.3. The number of carbonyl (C=O) groups excluding carboxylic acids is 1. The van der Waals surface area contributed by atoms with Crippen LogP contribution in [0.5, 0.6) is 0 Å². The number of rotatable bonds is 3. The fourth-order valence-corrected chi connectivity index (χ4v) is 6.19. The molecule has 138 valence electrons. The minimum Gasteiger partial charge on any atom is -0.466 e. The molecule has 1 aliphatic heterocycles. The van der Waals surface area contributed by atoms with E-state index in [2.05, 4.69) is 6.92 Å². The van der Waals surface area contributed by atoms with Crippen molar-refractivity contribution in [2.24, 2.45) is 23.2 Å². The van der Waals surface area contributed by atoms with E-state index < -0.39 is 23.1 Å². The summed E-state index contributed by atoms with van der Waals surface area (Å²) in [6, 6.07) is 0. The van der Waals surface area contributed by atoms with Crippen LogP contribution in [0.1, 0.15) is 53.4 Å². The topological polar surface area (TPSA) is 82.1 Å². The van der Waals surface area contributed by atoms with Crippen molar-refractivity contribution >= 4 is 17.3 Å². The van der Waals surface area contributed by atoms with Crippen molar-refractivity contribution in [3.05, 3.63) is 0 Å². The number of esters is 1. The minimum atomic E-state index is -1.78. The summed E-state index contributed by atoms with van der Waals surface area (Å²) in [6.45, 7) is 7.86. The molecular formula is C17H28O6S. The van der Waals surface area contributed by atoms with Crippen molar-refractivity contribution in [2.75, 3.05) is 6.61 Å². The molecule has 8 atom stereocenters. The smallest absolute Gasteiger partial charge is 0.305 e. The number of ether oxygens (including phenoxy) is 1. The molecule has 2 saturated carbocycles. The van der Waals surface area contributed by atoms with Gasteiger partial charge in [-0.05, 0) is 44.4 Å². The van der Waals surface area contributed by atoms with Crippen LogP contribution in [0.3, 0.4) is 0 Å². The van der Waals surface area contributed by atoms with Crippen LogP contribution in [0.4, 0.5) is 0 Å². The van der Waals surface area contributed by atoms with Gasteiger partial charge in [-0.3, -0.25) is 13.2 Å². The summed E-state index contributed by atoms with van der Waals surface area (Å²) < 4.78 is 28.8. The van der Waals surface area contributed by atoms with Gasteiger partial charge in [0.25, 0.3) is 0 Å².